The SMILES string of the molecule is CCC(C)(C)C(C)(C)N.N. The Kier molecular flexibility index (Phi) is 4.22. The first-order chi connectivity index (χ1) is 3.81. The first kappa shape index (κ1) is 12.6. The van der Waals surface area contributed by atoms with Crippen LogP contribution in [0.25, 0.3) is 0 Å². The van der Waals surface area contributed by atoms with Gasteiger partial charge in [0.05, 0.1) is 0 Å². The maximum atomic E-state index is 5.92. The summed E-state index contributed by atoms with van der Waals surface area (Å²) in [7, 11) is 0. The Morgan fingerprint density at radius 3 is 1.40 bits per heavy atom. The summed E-state index contributed by atoms with van der Waals surface area (Å²) in [6.45, 7) is 10.7. The topological polar surface area (TPSA) is 61.0 Å². The molecule has 64 valence electrons. The van der Waals surface area contributed by atoms with Crippen molar-refractivity contribution in [2.45, 2.75) is 46.6 Å². The van der Waals surface area contributed by atoms with E-state index in [1.165, 1.54) is 0 Å². The lowest BCUT2D eigenvalue weighted by molar-refractivity contribution is 0.194. The van der Waals surface area contributed by atoms with E-state index in [4.69, 9.17) is 5.73 Å². The van der Waals surface area contributed by atoms with Gasteiger partial charge in [-0.05, 0) is 25.7 Å². The molecule has 2 heteroatoms. The fourth-order valence-electron chi connectivity index (χ4n) is 0.456. The normalized spacial score (nSPS) is 12.6. The van der Waals surface area contributed by atoms with Crippen LogP contribution in [0.1, 0.15) is 41.0 Å². The van der Waals surface area contributed by atoms with Crippen LogP contribution >= 0.6 is 0 Å². The molecule has 0 atom stereocenters. The Balaban J connectivity index is 0. The zero-order valence-electron chi connectivity index (χ0n) is 7.99. The van der Waals surface area contributed by atoms with Gasteiger partial charge in [0.1, 0.15) is 0 Å². The van der Waals surface area contributed by atoms with Gasteiger partial charge in [0, 0.05) is 5.54 Å². The molecule has 0 spiro atoms. The van der Waals surface area contributed by atoms with E-state index in [0.29, 0.717) is 0 Å². The molecule has 0 fully saturated rings. The predicted octanol–water partition coefficient (Wildman–Crippen LogP) is 2.32. The molecule has 5 N–H and O–H groups in total. The minimum atomic E-state index is -0.0538. The maximum Gasteiger partial charge on any atom is 0.0148 e. The Morgan fingerprint density at radius 1 is 1.10 bits per heavy atom. The van der Waals surface area contributed by atoms with Crippen molar-refractivity contribution in [3.05, 3.63) is 0 Å². The third-order valence-electron chi connectivity index (χ3n) is 2.63. The van der Waals surface area contributed by atoms with E-state index in [1.807, 2.05) is 0 Å². The first-order valence-corrected chi connectivity index (χ1v) is 3.60. The van der Waals surface area contributed by atoms with Crippen molar-refractivity contribution < 1.29 is 0 Å². The van der Waals surface area contributed by atoms with Crippen LogP contribution in [0.5, 0.6) is 0 Å². The molecular formula is C8H22N2. The van der Waals surface area contributed by atoms with Crippen LogP contribution < -0.4 is 11.9 Å². The van der Waals surface area contributed by atoms with Crippen LogP contribution in [0, 0.1) is 5.41 Å². The van der Waals surface area contributed by atoms with E-state index in [-0.39, 0.29) is 17.1 Å². The fourth-order valence-corrected chi connectivity index (χ4v) is 0.456. The van der Waals surface area contributed by atoms with Crippen molar-refractivity contribution in [3.63, 3.8) is 0 Å². The second-order valence-electron chi connectivity index (χ2n) is 3.96. The summed E-state index contributed by atoms with van der Waals surface area (Å²) in [6.07, 6.45) is 1.14. The summed E-state index contributed by atoms with van der Waals surface area (Å²) in [5, 5.41) is 0. The Labute approximate surface area is 64.8 Å². The van der Waals surface area contributed by atoms with Crippen molar-refractivity contribution in [1.29, 1.82) is 0 Å². The van der Waals surface area contributed by atoms with Gasteiger partial charge in [0.2, 0.25) is 0 Å². The largest absolute Gasteiger partial charge is 0.344 e. The van der Waals surface area contributed by atoms with Crippen LogP contribution in [-0.4, -0.2) is 5.54 Å². The van der Waals surface area contributed by atoms with Crippen LogP contribution in [0.4, 0.5) is 0 Å². The Hall–Kier alpha value is -0.0800. The lowest BCUT2D eigenvalue weighted by atomic mass is 9.73. The van der Waals surface area contributed by atoms with Crippen LogP contribution in [-0.2, 0) is 0 Å². The lowest BCUT2D eigenvalue weighted by Gasteiger charge is -2.37. The molecule has 0 aliphatic carbocycles. The third-order valence-corrected chi connectivity index (χ3v) is 2.63. The van der Waals surface area contributed by atoms with E-state index >= 15 is 0 Å². The zero-order chi connectivity index (χ0) is 7.71. The molecule has 0 bridgehead atoms. The molecule has 0 aliphatic heterocycles. The quantitative estimate of drug-likeness (QED) is 0.628. The Morgan fingerprint density at radius 2 is 1.40 bits per heavy atom. The molecule has 0 unspecified atom stereocenters. The molecule has 0 aliphatic rings. The van der Waals surface area contributed by atoms with Crippen molar-refractivity contribution in [1.82, 2.24) is 6.15 Å². The summed E-state index contributed by atoms with van der Waals surface area (Å²) in [5.74, 6) is 0. The second kappa shape index (κ2) is 3.35. The van der Waals surface area contributed by atoms with E-state index in [2.05, 4.69) is 34.6 Å². The van der Waals surface area contributed by atoms with E-state index < -0.39 is 0 Å². The predicted molar refractivity (Wildman–Crippen MR) is 47.4 cm³/mol. The molecule has 0 amide bonds. The summed E-state index contributed by atoms with van der Waals surface area (Å²) < 4.78 is 0. The molecule has 0 aromatic rings. The van der Waals surface area contributed by atoms with Gasteiger partial charge in [0.25, 0.3) is 0 Å². The molecule has 10 heavy (non-hydrogen) atoms. The molecule has 0 radical (unpaired) electrons. The van der Waals surface area contributed by atoms with Gasteiger partial charge in [-0.25, -0.2) is 0 Å². The highest BCUT2D eigenvalue weighted by Gasteiger charge is 2.30. The van der Waals surface area contributed by atoms with E-state index in [9.17, 15) is 0 Å². The molecule has 0 heterocycles. The summed E-state index contributed by atoms with van der Waals surface area (Å²) in [4.78, 5) is 0. The Bertz CT molecular complexity index is 89.9. The van der Waals surface area contributed by atoms with Crippen molar-refractivity contribution in [2.24, 2.45) is 11.1 Å². The monoisotopic (exact) mass is 146 g/mol. The van der Waals surface area contributed by atoms with Crippen LogP contribution in [0.3, 0.4) is 0 Å². The van der Waals surface area contributed by atoms with Gasteiger partial charge in [-0.2, -0.15) is 0 Å². The molecule has 0 aromatic heterocycles. The summed E-state index contributed by atoms with van der Waals surface area (Å²) in [6, 6.07) is 0. The number of hydrogen-bond acceptors (Lipinski definition) is 2. The minimum absolute atomic E-state index is 0. The van der Waals surface area contributed by atoms with Gasteiger partial charge < -0.3 is 11.9 Å². The zero-order valence-corrected chi connectivity index (χ0v) is 7.99. The van der Waals surface area contributed by atoms with Crippen LogP contribution in [0.15, 0.2) is 0 Å². The van der Waals surface area contributed by atoms with Gasteiger partial charge >= 0.3 is 0 Å². The molecular weight excluding hydrogens is 124 g/mol. The maximum absolute atomic E-state index is 5.92. The highest BCUT2D eigenvalue weighted by atomic mass is 14.7. The molecule has 0 saturated carbocycles. The number of hydrogen-bond donors (Lipinski definition) is 2. The lowest BCUT2D eigenvalue weighted by Crippen LogP contribution is -2.46. The van der Waals surface area contributed by atoms with Crippen LogP contribution in [0.2, 0.25) is 0 Å². The van der Waals surface area contributed by atoms with Gasteiger partial charge in [-0.3, -0.25) is 0 Å². The highest BCUT2D eigenvalue weighted by Crippen LogP contribution is 2.30. The van der Waals surface area contributed by atoms with Gasteiger partial charge in [-0.1, -0.05) is 20.8 Å². The average molecular weight is 146 g/mol. The number of nitrogens with two attached hydrogens (primary N) is 1. The molecule has 2 nitrogen and oxygen atoms in total. The average Bonchev–Trinajstić information content (AvgIpc) is 1.64. The van der Waals surface area contributed by atoms with Gasteiger partial charge in [-0.15, -0.1) is 0 Å². The molecule has 0 saturated heterocycles. The first-order valence-electron chi connectivity index (χ1n) is 3.60. The van der Waals surface area contributed by atoms with E-state index in [1.54, 1.807) is 0 Å². The minimum Gasteiger partial charge on any atom is -0.344 e. The van der Waals surface area contributed by atoms with Crippen molar-refractivity contribution in [2.75, 3.05) is 0 Å². The van der Waals surface area contributed by atoms with Crippen molar-refractivity contribution >= 4 is 0 Å². The standard InChI is InChI=1S/C8H19N.H3N/c1-6-7(2,3)8(4,5)9;/h6,9H2,1-5H3;1H3. The van der Waals surface area contributed by atoms with Crippen molar-refractivity contribution in [3.8, 4) is 0 Å². The summed E-state index contributed by atoms with van der Waals surface area (Å²) >= 11 is 0. The highest BCUT2D eigenvalue weighted by molar-refractivity contribution is 4.88. The number of rotatable bonds is 2. The van der Waals surface area contributed by atoms with Gasteiger partial charge in [0.15, 0.2) is 0 Å². The molecule has 0 rings (SSSR count). The second-order valence-corrected chi connectivity index (χ2v) is 3.96. The third kappa shape index (κ3) is 2.67. The molecule has 0 aromatic carbocycles. The smallest absolute Gasteiger partial charge is 0.0148 e. The fraction of sp³-hybridized carbons (Fsp3) is 1.00. The summed E-state index contributed by atoms with van der Waals surface area (Å²) in [5.41, 5.74) is 6.13. The van der Waals surface area contributed by atoms with E-state index in [0.717, 1.165) is 6.42 Å².